The number of hydrogen-bond acceptors (Lipinski definition) is 4. The number of anilines is 1. The summed E-state index contributed by atoms with van der Waals surface area (Å²) in [5, 5.41) is 1.15. The van der Waals surface area contributed by atoms with Crippen LogP contribution in [0.1, 0.15) is 0 Å². The molecule has 2 N–H and O–H groups in total. The highest BCUT2D eigenvalue weighted by Crippen LogP contribution is 2.33. The summed E-state index contributed by atoms with van der Waals surface area (Å²) < 4.78 is 0. The monoisotopic (exact) mass is 316 g/mol. The molecule has 4 nitrogen and oxygen atoms in total. The van der Waals surface area contributed by atoms with E-state index in [4.69, 9.17) is 28.9 Å². The molecule has 2 heterocycles. The average molecular weight is 317 g/mol. The van der Waals surface area contributed by atoms with Crippen molar-refractivity contribution in [3.05, 3.63) is 59.0 Å². The minimum absolute atomic E-state index is 0.329. The molecular formula is C15H10Cl2N4. The summed E-state index contributed by atoms with van der Waals surface area (Å²) >= 11 is 12.1. The molecule has 3 rings (SSSR count). The van der Waals surface area contributed by atoms with Gasteiger partial charge in [0.2, 0.25) is 0 Å². The Hall–Kier alpha value is -2.17. The highest BCUT2D eigenvalue weighted by Gasteiger charge is 2.14. The molecule has 0 spiro atoms. The maximum atomic E-state index is 6.20. The van der Waals surface area contributed by atoms with Crippen LogP contribution in [0.5, 0.6) is 0 Å². The zero-order chi connectivity index (χ0) is 14.8. The molecule has 0 unspecified atom stereocenters. The number of hydrogen-bond donors (Lipinski definition) is 1. The average Bonchev–Trinajstić information content (AvgIpc) is 2.49. The second-order valence-electron chi connectivity index (χ2n) is 4.35. The van der Waals surface area contributed by atoms with Gasteiger partial charge < -0.3 is 5.73 Å². The number of nitrogens with two attached hydrogens (primary N) is 1. The van der Waals surface area contributed by atoms with Crippen molar-refractivity contribution in [1.82, 2.24) is 15.0 Å². The molecule has 0 aliphatic heterocycles. The van der Waals surface area contributed by atoms with Crippen LogP contribution in [0.3, 0.4) is 0 Å². The third-order valence-electron chi connectivity index (χ3n) is 2.94. The lowest BCUT2D eigenvalue weighted by Crippen LogP contribution is -1.98. The van der Waals surface area contributed by atoms with E-state index in [1.165, 1.54) is 6.20 Å². The Morgan fingerprint density at radius 1 is 0.905 bits per heavy atom. The number of pyridine rings is 1. The van der Waals surface area contributed by atoms with Gasteiger partial charge in [0.1, 0.15) is 11.5 Å². The number of halogens is 2. The van der Waals surface area contributed by atoms with Crippen molar-refractivity contribution in [3.63, 3.8) is 0 Å². The van der Waals surface area contributed by atoms with E-state index in [9.17, 15) is 0 Å². The number of aromatic nitrogens is 3. The van der Waals surface area contributed by atoms with E-state index in [-0.39, 0.29) is 0 Å². The summed E-state index contributed by atoms with van der Waals surface area (Å²) in [6.07, 6.45) is 4.73. The normalized spacial score (nSPS) is 10.6. The van der Waals surface area contributed by atoms with Crippen molar-refractivity contribution in [2.75, 3.05) is 5.73 Å². The molecule has 0 radical (unpaired) electrons. The van der Waals surface area contributed by atoms with Crippen molar-refractivity contribution < 1.29 is 0 Å². The molecule has 0 amide bonds. The van der Waals surface area contributed by atoms with Gasteiger partial charge in [0.25, 0.3) is 0 Å². The lowest BCUT2D eigenvalue weighted by Gasteiger charge is -2.10. The van der Waals surface area contributed by atoms with Gasteiger partial charge in [-0.25, -0.2) is 4.98 Å². The zero-order valence-electron chi connectivity index (χ0n) is 10.8. The topological polar surface area (TPSA) is 64.7 Å². The van der Waals surface area contributed by atoms with E-state index >= 15 is 0 Å². The Morgan fingerprint density at radius 2 is 1.67 bits per heavy atom. The lowest BCUT2D eigenvalue weighted by molar-refractivity contribution is 1.21. The van der Waals surface area contributed by atoms with Crippen molar-refractivity contribution in [2.45, 2.75) is 0 Å². The summed E-state index contributed by atoms with van der Waals surface area (Å²) in [6.45, 7) is 0. The van der Waals surface area contributed by atoms with Crippen LogP contribution in [-0.2, 0) is 0 Å². The highest BCUT2D eigenvalue weighted by atomic mass is 35.5. The molecule has 0 saturated carbocycles. The van der Waals surface area contributed by atoms with Gasteiger partial charge >= 0.3 is 0 Å². The molecule has 21 heavy (non-hydrogen) atoms. The molecule has 2 aromatic heterocycles. The molecule has 1 aromatic carbocycles. The Labute approximate surface area is 131 Å². The van der Waals surface area contributed by atoms with Gasteiger partial charge in [0, 0.05) is 28.5 Å². The lowest BCUT2D eigenvalue weighted by atomic mass is 10.1. The standard InChI is InChI=1S/C15H10Cl2N4/c16-10-3-1-9(2-4-10)14-15(21-13(18)8-20-14)11-5-6-19-7-12(11)17/h1-8H,(H2,18,21). The number of nitrogens with zero attached hydrogens (tertiary/aromatic N) is 3. The molecule has 0 bridgehead atoms. The predicted molar refractivity (Wildman–Crippen MR) is 85.1 cm³/mol. The molecule has 0 aliphatic carbocycles. The molecule has 0 aliphatic rings. The molecule has 3 aromatic rings. The number of nitrogen functional groups attached to an aromatic ring is 1. The summed E-state index contributed by atoms with van der Waals surface area (Å²) in [5.74, 6) is 0.329. The second kappa shape index (κ2) is 5.68. The van der Waals surface area contributed by atoms with Crippen molar-refractivity contribution in [2.24, 2.45) is 0 Å². The van der Waals surface area contributed by atoms with Gasteiger partial charge in [-0.15, -0.1) is 0 Å². The molecule has 104 valence electrons. The summed E-state index contributed by atoms with van der Waals surface area (Å²) in [4.78, 5) is 12.7. The Kier molecular flexibility index (Phi) is 3.73. The fraction of sp³-hybridized carbons (Fsp3) is 0. The Morgan fingerprint density at radius 3 is 2.38 bits per heavy atom. The van der Waals surface area contributed by atoms with Crippen LogP contribution in [0, 0.1) is 0 Å². The van der Waals surface area contributed by atoms with Crippen LogP contribution in [0.2, 0.25) is 10.0 Å². The van der Waals surface area contributed by atoms with Crippen LogP contribution in [0.15, 0.2) is 48.9 Å². The van der Waals surface area contributed by atoms with Gasteiger partial charge in [-0.05, 0) is 18.2 Å². The summed E-state index contributed by atoms with van der Waals surface area (Å²) in [6, 6.07) is 9.13. The van der Waals surface area contributed by atoms with Crippen LogP contribution in [-0.4, -0.2) is 15.0 Å². The third-order valence-corrected chi connectivity index (χ3v) is 3.49. The van der Waals surface area contributed by atoms with E-state index in [1.54, 1.807) is 30.6 Å². The van der Waals surface area contributed by atoms with E-state index < -0.39 is 0 Å². The quantitative estimate of drug-likeness (QED) is 0.773. The minimum Gasteiger partial charge on any atom is -0.382 e. The first-order valence-electron chi connectivity index (χ1n) is 6.13. The van der Waals surface area contributed by atoms with Crippen LogP contribution < -0.4 is 5.73 Å². The van der Waals surface area contributed by atoms with Crippen LogP contribution in [0.25, 0.3) is 22.5 Å². The molecule has 6 heteroatoms. The molecule has 0 fully saturated rings. The smallest absolute Gasteiger partial charge is 0.142 e. The van der Waals surface area contributed by atoms with Crippen LogP contribution in [0.4, 0.5) is 5.82 Å². The SMILES string of the molecule is Nc1cnc(-c2ccc(Cl)cc2)c(-c2ccncc2Cl)n1. The maximum absolute atomic E-state index is 6.20. The molecule has 0 atom stereocenters. The Bertz CT molecular complexity index is 788. The highest BCUT2D eigenvalue weighted by molar-refractivity contribution is 6.33. The van der Waals surface area contributed by atoms with E-state index in [0.29, 0.717) is 27.3 Å². The fourth-order valence-electron chi connectivity index (χ4n) is 1.98. The van der Waals surface area contributed by atoms with E-state index in [0.717, 1.165) is 11.1 Å². The fourth-order valence-corrected chi connectivity index (χ4v) is 2.31. The molecular weight excluding hydrogens is 307 g/mol. The van der Waals surface area contributed by atoms with Crippen molar-refractivity contribution >= 4 is 29.0 Å². The molecule has 0 saturated heterocycles. The largest absolute Gasteiger partial charge is 0.382 e. The Balaban J connectivity index is 2.23. The van der Waals surface area contributed by atoms with E-state index in [1.807, 2.05) is 12.1 Å². The van der Waals surface area contributed by atoms with Crippen molar-refractivity contribution in [1.29, 1.82) is 0 Å². The van der Waals surface area contributed by atoms with Gasteiger partial charge in [-0.1, -0.05) is 35.3 Å². The first-order valence-corrected chi connectivity index (χ1v) is 6.89. The summed E-state index contributed by atoms with van der Waals surface area (Å²) in [7, 11) is 0. The van der Waals surface area contributed by atoms with Gasteiger partial charge in [-0.2, -0.15) is 0 Å². The first kappa shape index (κ1) is 13.8. The van der Waals surface area contributed by atoms with Gasteiger partial charge in [0.15, 0.2) is 0 Å². The van der Waals surface area contributed by atoms with Gasteiger partial charge in [-0.3, -0.25) is 9.97 Å². The minimum atomic E-state index is 0.329. The zero-order valence-corrected chi connectivity index (χ0v) is 12.3. The van der Waals surface area contributed by atoms with Crippen molar-refractivity contribution in [3.8, 4) is 22.5 Å². The predicted octanol–water partition coefficient (Wildman–Crippen LogP) is 4.09. The van der Waals surface area contributed by atoms with E-state index in [2.05, 4.69) is 15.0 Å². The summed E-state index contributed by atoms with van der Waals surface area (Å²) in [5.41, 5.74) is 8.68. The first-order chi connectivity index (χ1) is 10.1. The van der Waals surface area contributed by atoms with Gasteiger partial charge in [0.05, 0.1) is 16.9 Å². The number of benzene rings is 1. The maximum Gasteiger partial charge on any atom is 0.142 e. The number of rotatable bonds is 2. The van der Waals surface area contributed by atoms with Crippen LogP contribution >= 0.6 is 23.2 Å². The second-order valence-corrected chi connectivity index (χ2v) is 5.20. The third kappa shape index (κ3) is 2.82.